The SMILES string of the molecule is N/C(=C\N(N)c1ccc(F)c(C(F)F)c1)COc1ncc(-c2ccn[nH]2)cn1. The van der Waals surface area contributed by atoms with E-state index in [-0.39, 0.29) is 24.0 Å². The molecule has 2 heterocycles. The van der Waals surface area contributed by atoms with Crippen LogP contribution in [-0.4, -0.2) is 26.8 Å². The number of rotatable bonds is 7. The van der Waals surface area contributed by atoms with Crippen LogP contribution >= 0.6 is 0 Å². The molecule has 3 rings (SSSR count). The molecule has 8 nitrogen and oxygen atoms in total. The zero-order chi connectivity index (χ0) is 20.1. The number of alkyl halides is 2. The third-order valence-electron chi connectivity index (χ3n) is 3.63. The van der Waals surface area contributed by atoms with E-state index < -0.39 is 17.8 Å². The van der Waals surface area contributed by atoms with Crippen molar-refractivity contribution in [2.24, 2.45) is 11.6 Å². The van der Waals surface area contributed by atoms with Gasteiger partial charge in [0.25, 0.3) is 6.43 Å². The minimum absolute atomic E-state index is 0.0879. The molecule has 2 aromatic heterocycles. The summed E-state index contributed by atoms with van der Waals surface area (Å²) in [5.74, 6) is 4.76. The highest BCUT2D eigenvalue weighted by Crippen LogP contribution is 2.26. The normalized spacial score (nSPS) is 11.7. The number of hydrogen-bond donors (Lipinski definition) is 3. The minimum atomic E-state index is -2.96. The number of H-pyrrole nitrogens is 1. The smallest absolute Gasteiger partial charge is 0.316 e. The molecule has 0 saturated carbocycles. The monoisotopic (exact) mass is 391 g/mol. The van der Waals surface area contributed by atoms with E-state index in [2.05, 4.69) is 20.2 Å². The Hall–Kier alpha value is -3.60. The van der Waals surface area contributed by atoms with Gasteiger partial charge in [-0.1, -0.05) is 0 Å². The summed E-state index contributed by atoms with van der Waals surface area (Å²) in [7, 11) is 0. The average molecular weight is 391 g/mol. The van der Waals surface area contributed by atoms with Crippen LogP contribution in [0.5, 0.6) is 6.01 Å². The molecule has 0 bridgehead atoms. The van der Waals surface area contributed by atoms with Crippen LogP contribution in [0.1, 0.15) is 12.0 Å². The van der Waals surface area contributed by atoms with Crippen molar-refractivity contribution in [3.8, 4) is 17.3 Å². The molecule has 3 aromatic rings. The maximum atomic E-state index is 13.4. The number of ether oxygens (including phenoxy) is 1. The number of halogens is 3. The number of benzene rings is 1. The number of hydrazine groups is 1. The summed E-state index contributed by atoms with van der Waals surface area (Å²) in [5, 5.41) is 7.62. The Morgan fingerprint density at radius 3 is 2.64 bits per heavy atom. The summed E-state index contributed by atoms with van der Waals surface area (Å²) in [4.78, 5) is 8.10. The molecule has 146 valence electrons. The lowest BCUT2D eigenvalue weighted by molar-refractivity contribution is 0.146. The topological polar surface area (TPSA) is 119 Å². The van der Waals surface area contributed by atoms with E-state index in [0.717, 1.165) is 28.4 Å². The van der Waals surface area contributed by atoms with Crippen LogP contribution in [-0.2, 0) is 0 Å². The molecular formula is C17H16F3N7O. The van der Waals surface area contributed by atoms with Crippen molar-refractivity contribution in [1.29, 1.82) is 0 Å². The molecular weight excluding hydrogens is 375 g/mol. The summed E-state index contributed by atoms with van der Waals surface area (Å²) in [6.07, 6.45) is 3.02. The van der Waals surface area contributed by atoms with Crippen molar-refractivity contribution in [1.82, 2.24) is 20.2 Å². The van der Waals surface area contributed by atoms with Gasteiger partial charge in [0.05, 0.1) is 22.6 Å². The van der Waals surface area contributed by atoms with Crippen LogP contribution in [0.25, 0.3) is 11.3 Å². The van der Waals surface area contributed by atoms with Crippen LogP contribution < -0.4 is 21.3 Å². The highest BCUT2D eigenvalue weighted by molar-refractivity contribution is 5.55. The summed E-state index contributed by atoms with van der Waals surface area (Å²) < 4.78 is 44.3. The largest absolute Gasteiger partial charge is 0.457 e. The Balaban J connectivity index is 1.62. The van der Waals surface area contributed by atoms with Crippen molar-refractivity contribution in [3.05, 3.63) is 66.1 Å². The molecule has 0 aliphatic rings. The van der Waals surface area contributed by atoms with E-state index >= 15 is 0 Å². The van der Waals surface area contributed by atoms with E-state index in [1.54, 1.807) is 24.7 Å². The lowest BCUT2D eigenvalue weighted by Crippen LogP contribution is -2.27. The second kappa shape index (κ2) is 8.39. The second-order valence-electron chi connectivity index (χ2n) is 5.63. The molecule has 0 spiro atoms. The number of aromatic nitrogens is 4. The average Bonchev–Trinajstić information content (AvgIpc) is 3.21. The second-order valence-corrected chi connectivity index (χ2v) is 5.63. The Bertz CT molecular complexity index is 946. The summed E-state index contributed by atoms with van der Waals surface area (Å²) in [6.45, 7) is -0.0972. The molecule has 0 aliphatic heterocycles. The van der Waals surface area contributed by atoms with E-state index in [0.29, 0.717) is 0 Å². The molecule has 1 aromatic carbocycles. The van der Waals surface area contributed by atoms with E-state index in [4.69, 9.17) is 16.3 Å². The first-order valence-corrected chi connectivity index (χ1v) is 7.96. The number of nitrogens with zero attached hydrogens (tertiary/aromatic N) is 4. The van der Waals surface area contributed by atoms with Gasteiger partial charge in [-0.3, -0.25) is 10.1 Å². The van der Waals surface area contributed by atoms with Crippen LogP contribution in [0, 0.1) is 5.82 Å². The highest BCUT2D eigenvalue weighted by atomic mass is 19.3. The van der Waals surface area contributed by atoms with Gasteiger partial charge < -0.3 is 10.5 Å². The fourth-order valence-corrected chi connectivity index (χ4v) is 2.24. The van der Waals surface area contributed by atoms with Crippen LogP contribution in [0.3, 0.4) is 0 Å². The maximum Gasteiger partial charge on any atom is 0.316 e. The van der Waals surface area contributed by atoms with Crippen molar-refractivity contribution < 1.29 is 17.9 Å². The Morgan fingerprint density at radius 2 is 2.00 bits per heavy atom. The van der Waals surface area contributed by atoms with Crippen LogP contribution in [0.2, 0.25) is 0 Å². The molecule has 0 fully saturated rings. The van der Waals surface area contributed by atoms with Gasteiger partial charge in [-0.25, -0.2) is 29.0 Å². The molecule has 5 N–H and O–H groups in total. The molecule has 0 amide bonds. The van der Waals surface area contributed by atoms with Gasteiger partial charge in [0, 0.05) is 30.4 Å². The zero-order valence-electron chi connectivity index (χ0n) is 14.4. The van der Waals surface area contributed by atoms with Crippen molar-refractivity contribution in [2.75, 3.05) is 11.6 Å². The van der Waals surface area contributed by atoms with E-state index in [9.17, 15) is 13.2 Å². The highest BCUT2D eigenvalue weighted by Gasteiger charge is 2.15. The number of anilines is 1. The number of nitrogens with two attached hydrogens (primary N) is 2. The first kappa shape index (κ1) is 19.2. The number of aromatic amines is 1. The minimum Gasteiger partial charge on any atom is -0.457 e. The zero-order valence-corrected chi connectivity index (χ0v) is 14.4. The lowest BCUT2D eigenvalue weighted by atomic mass is 10.2. The summed E-state index contributed by atoms with van der Waals surface area (Å²) >= 11 is 0. The van der Waals surface area contributed by atoms with E-state index in [1.165, 1.54) is 12.3 Å². The standard InChI is InChI=1S/C17H16F3N7O/c18-14-2-1-12(5-13(14)16(19)20)27(22)8-11(21)9-28-17-23-6-10(7-24-17)15-3-4-25-26-15/h1-8,16H,9,21-22H2,(H,25,26)/b11-8-. The molecule has 0 radical (unpaired) electrons. The summed E-state index contributed by atoms with van der Waals surface area (Å²) in [5.41, 5.74) is 6.87. The van der Waals surface area contributed by atoms with Crippen molar-refractivity contribution in [2.45, 2.75) is 6.43 Å². The predicted octanol–water partition coefficient (Wildman–Crippen LogP) is 2.50. The Kier molecular flexibility index (Phi) is 5.75. The van der Waals surface area contributed by atoms with Gasteiger partial charge >= 0.3 is 6.01 Å². The number of hydrogen-bond acceptors (Lipinski definition) is 7. The van der Waals surface area contributed by atoms with Crippen LogP contribution in [0.4, 0.5) is 18.9 Å². The Labute approximate surface area is 157 Å². The summed E-state index contributed by atoms with van der Waals surface area (Å²) in [6, 6.07) is 4.96. The molecule has 0 unspecified atom stereocenters. The first-order valence-electron chi connectivity index (χ1n) is 7.96. The van der Waals surface area contributed by atoms with Gasteiger partial charge in [0.1, 0.15) is 12.4 Å². The van der Waals surface area contributed by atoms with Gasteiger partial charge in [0.2, 0.25) is 0 Å². The van der Waals surface area contributed by atoms with Gasteiger partial charge in [0.15, 0.2) is 0 Å². The van der Waals surface area contributed by atoms with Crippen LogP contribution in [0.15, 0.2) is 54.8 Å². The van der Waals surface area contributed by atoms with E-state index in [1.807, 2.05) is 0 Å². The molecule has 11 heteroatoms. The maximum absolute atomic E-state index is 13.4. The van der Waals surface area contributed by atoms with Crippen molar-refractivity contribution >= 4 is 5.69 Å². The first-order chi connectivity index (χ1) is 13.4. The molecule has 28 heavy (non-hydrogen) atoms. The van der Waals surface area contributed by atoms with Gasteiger partial charge in [-0.15, -0.1) is 0 Å². The lowest BCUT2D eigenvalue weighted by Gasteiger charge is -2.16. The Morgan fingerprint density at radius 1 is 1.25 bits per heavy atom. The van der Waals surface area contributed by atoms with Crippen molar-refractivity contribution in [3.63, 3.8) is 0 Å². The fourth-order valence-electron chi connectivity index (χ4n) is 2.24. The van der Waals surface area contributed by atoms with Gasteiger partial charge in [-0.2, -0.15) is 5.10 Å². The van der Waals surface area contributed by atoms with Gasteiger partial charge in [-0.05, 0) is 24.3 Å². The molecule has 0 saturated heterocycles. The fraction of sp³-hybridized carbons (Fsp3) is 0.118. The number of nitrogens with one attached hydrogen (secondary N) is 1. The predicted molar refractivity (Wildman–Crippen MR) is 95.4 cm³/mol. The molecule has 0 aliphatic carbocycles. The molecule has 0 atom stereocenters. The third kappa shape index (κ3) is 4.57. The quantitative estimate of drug-likeness (QED) is 0.418. The third-order valence-corrected chi connectivity index (χ3v) is 3.63.